The first-order valence-corrected chi connectivity index (χ1v) is 5.11. The van der Waals surface area contributed by atoms with Gasteiger partial charge in [0.2, 0.25) is 0 Å². The van der Waals surface area contributed by atoms with Crippen LogP contribution in [0.4, 0.5) is 0 Å². The Balaban J connectivity index is 2.64. The van der Waals surface area contributed by atoms with E-state index in [1.54, 1.807) is 0 Å². The highest BCUT2D eigenvalue weighted by Crippen LogP contribution is 2.16. The molecule has 0 saturated heterocycles. The zero-order chi connectivity index (χ0) is 11.8. The molecule has 0 aliphatic carbocycles. The largest absolute Gasteiger partial charge is 0.481 e. The monoisotopic (exact) mass is 218 g/mol. The van der Waals surface area contributed by atoms with Crippen LogP contribution in [0.1, 0.15) is 24.4 Å². The van der Waals surface area contributed by atoms with E-state index in [0.717, 1.165) is 5.56 Å². The molecule has 0 aliphatic rings. The summed E-state index contributed by atoms with van der Waals surface area (Å²) in [6.45, 7) is 0.503. The summed E-state index contributed by atoms with van der Waals surface area (Å²) >= 11 is 0. The average Bonchev–Trinajstić information content (AvgIpc) is 2.29. The highest BCUT2D eigenvalue weighted by atomic mass is 16.4. The number of carbonyl (C=O) groups is 1. The quantitative estimate of drug-likeness (QED) is 0.713. The summed E-state index contributed by atoms with van der Waals surface area (Å²) in [4.78, 5) is 10.7. The van der Waals surface area contributed by atoms with Gasteiger partial charge in [0, 0.05) is 19.0 Å². The number of hydrogen-bond acceptors (Lipinski definition) is 3. The van der Waals surface area contributed by atoms with E-state index in [1.165, 1.54) is 0 Å². The van der Waals surface area contributed by atoms with Gasteiger partial charge in [0.05, 0.1) is 12.5 Å². The number of carboxylic acids is 1. The molecule has 0 heterocycles. The molecule has 1 unspecified atom stereocenters. The molecule has 1 atom stereocenters. The Morgan fingerprint density at radius 1 is 1.44 bits per heavy atom. The first-order chi connectivity index (χ1) is 7.74. The van der Waals surface area contributed by atoms with Crippen molar-refractivity contribution in [3.63, 3.8) is 0 Å². The maximum atomic E-state index is 10.7. The van der Waals surface area contributed by atoms with Crippen molar-refractivity contribution in [3.8, 4) is 6.07 Å². The van der Waals surface area contributed by atoms with Crippen LogP contribution in [-0.2, 0) is 4.79 Å². The van der Waals surface area contributed by atoms with Crippen LogP contribution in [0.15, 0.2) is 30.3 Å². The predicted molar refractivity (Wildman–Crippen MR) is 59.7 cm³/mol. The number of hydrogen-bond donors (Lipinski definition) is 2. The van der Waals surface area contributed by atoms with E-state index < -0.39 is 5.97 Å². The fourth-order valence-electron chi connectivity index (χ4n) is 1.47. The molecule has 4 nitrogen and oxygen atoms in total. The van der Waals surface area contributed by atoms with Crippen LogP contribution in [0.3, 0.4) is 0 Å². The Kier molecular flexibility index (Phi) is 5.03. The van der Waals surface area contributed by atoms with Crippen LogP contribution in [0.2, 0.25) is 0 Å². The number of carboxylic acid groups (broad SMARTS) is 1. The number of rotatable bonds is 6. The molecule has 4 heteroatoms. The van der Waals surface area contributed by atoms with Crippen molar-refractivity contribution in [3.05, 3.63) is 35.9 Å². The van der Waals surface area contributed by atoms with Crippen LogP contribution in [0.5, 0.6) is 0 Å². The fraction of sp³-hybridized carbons (Fsp3) is 0.333. The third kappa shape index (κ3) is 4.11. The minimum absolute atomic E-state index is 0.0233. The fourth-order valence-corrected chi connectivity index (χ4v) is 1.47. The van der Waals surface area contributed by atoms with E-state index in [0.29, 0.717) is 13.0 Å². The van der Waals surface area contributed by atoms with E-state index in [9.17, 15) is 4.79 Å². The SMILES string of the molecule is N#CCCNC(CC(=O)O)c1ccccc1. The van der Waals surface area contributed by atoms with Crippen LogP contribution < -0.4 is 5.32 Å². The molecule has 0 spiro atoms. The standard InChI is InChI=1S/C12H14N2O2/c13-7-4-8-14-11(9-12(15)16)10-5-2-1-3-6-10/h1-3,5-6,11,14H,4,8-9H2,(H,15,16). The van der Waals surface area contributed by atoms with Gasteiger partial charge >= 0.3 is 5.97 Å². The molecular formula is C12H14N2O2. The zero-order valence-electron chi connectivity index (χ0n) is 8.89. The Hall–Kier alpha value is -1.86. The van der Waals surface area contributed by atoms with Crippen molar-refractivity contribution < 1.29 is 9.90 Å². The van der Waals surface area contributed by atoms with Crippen molar-refractivity contribution in [2.45, 2.75) is 18.9 Å². The summed E-state index contributed by atoms with van der Waals surface area (Å²) < 4.78 is 0. The lowest BCUT2D eigenvalue weighted by molar-refractivity contribution is -0.137. The van der Waals surface area contributed by atoms with E-state index in [4.69, 9.17) is 10.4 Å². The number of benzene rings is 1. The lowest BCUT2D eigenvalue weighted by atomic mass is 10.0. The number of nitriles is 1. The molecule has 1 aromatic carbocycles. The normalized spacial score (nSPS) is 11.7. The van der Waals surface area contributed by atoms with Crippen LogP contribution in [0.25, 0.3) is 0 Å². The Morgan fingerprint density at radius 2 is 2.12 bits per heavy atom. The molecule has 0 fully saturated rings. The highest BCUT2D eigenvalue weighted by molar-refractivity contribution is 5.67. The van der Waals surface area contributed by atoms with Gasteiger partial charge in [0.1, 0.15) is 0 Å². The summed E-state index contributed by atoms with van der Waals surface area (Å²) in [7, 11) is 0. The predicted octanol–water partition coefficient (Wildman–Crippen LogP) is 1.71. The van der Waals surface area contributed by atoms with Gasteiger partial charge in [-0.1, -0.05) is 30.3 Å². The van der Waals surface area contributed by atoms with Gasteiger partial charge in [-0.3, -0.25) is 4.79 Å². The van der Waals surface area contributed by atoms with Crippen molar-refractivity contribution >= 4 is 5.97 Å². The molecule has 0 bridgehead atoms. The zero-order valence-corrected chi connectivity index (χ0v) is 8.89. The molecule has 0 saturated carbocycles. The molecular weight excluding hydrogens is 204 g/mol. The summed E-state index contributed by atoms with van der Waals surface area (Å²) in [5.41, 5.74) is 0.933. The van der Waals surface area contributed by atoms with Gasteiger partial charge in [0.25, 0.3) is 0 Å². The smallest absolute Gasteiger partial charge is 0.305 e. The average molecular weight is 218 g/mol. The summed E-state index contributed by atoms with van der Waals surface area (Å²) in [5.74, 6) is -0.849. The summed E-state index contributed by atoms with van der Waals surface area (Å²) in [6, 6.07) is 11.2. The van der Waals surface area contributed by atoms with E-state index in [-0.39, 0.29) is 12.5 Å². The van der Waals surface area contributed by atoms with E-state index in [1.807, 2.05) is 36.4 Å². The second-order valence-electron chi connectivity index (χ2n) is 3.42. The Labute approximate surface area is 94.5 Å². The molecule has 0 radical (unpaired) electrons. The molecule has 0 aliphatic heterocycles. The molecule has 0 aromatic heterocycles. The van der Waals surface area contributed by atoms with Gasteiger partial charge in [-0.05, 0) is 5.56 Å². The third-order valence-corrected chi connectivity index (χ3v) is 2.21. The van der Waals surface area contributed by atoms with Gasteiger partial charge in [-0.25, -0.2) is 0 Å². The second-order valence-corrected chi connectivity index (χ2v) is 3.42. The lowest BCUT2D eigenvalue weighted by Gasteiger charge is -2.16. The van der Waals surface area contributed by atoms with Crippen LogP contribution in [0, 0.1) is 11.3 Å². The lowest BCUT2D eigenvalue weighted by Crippen LogP contribution is -2.24. The first-order valence-electron chi connectivity index (χ1n) is 5.11. The Bertz CT molecular complexity index is 370. The van der Waals surface area contributed by atoms with E-state index >= 15 is 0 Å². The van der Waals surface area contributed by atoms with Gasteiger partial charge in [-0.15, -0.1) is 0 Å². The molecule has 2 N–H and O–H groups in total. The molecule has 0 amide bonds. The number of nitrogens with zero attached hydrogens (tertiary/aromatic N) is 1. The molecule has 1 aromatic rings. The minimum Gasteiger partial charge on any atom is -0.481 e. The Morgan fingerprint density at radius 3 is 2.69 bits per heavy atom. The van der Waals surface area contributed by atoms with Gasteiger partial charge in [-0.2, -0.15) is 5.26 Å². The maximum Gasteiger partial charge on any atom is 0.305 e. The number of nitrogens with one attached hydrogen (secondary N) is 1. The topological polar surface area (TPSA) is 73.1 Å². The number of aliphatic carboxylic acids is 1. The summed E-state index contributed by atoms with van der Waals surface area (Å²) in [5, 5.41) is 20.3. The van der Waals surface area contributed by atoms with Crippen molar-refractivity contribution in [1.29, 1.82) is 5.26 Å². The first kappa shape index (κ1) is 12.2. The molecule has 1 rings (SSSR count). The van der Waals surface area contributed by atoms with Crippen molar-refractivity contribution in [2.24, 2.45) is 0 Å². The van der Waals surface area contributed by atoms with Crippen molar-refractivity contribution in [1.82, 2.24) is 5.32 Å². The highest BCUT2D eigenvalue weighted by Gasteiger charge is 2.13. The van der Waals surface area contributed by atoms with Gasteiger partial charge < -0.3 is 10.4 Å². The van der Waals surface area contributed by atoms with Crippen LogP contribution >= 0.6 is 0 Å². The van der Waals surface area contributed by atoms with Crippen LogP contribution in [-0.4, -0.2) is 17.6 Å². The van der Waals surface area contributed by atoms with E-state index in [2.05, 4.69) is 5.32 Å². The summed E-state index contributed by atoms with van der Waals surface area (Å²) in [6.07, 6.45) is 0.401. The van der Waals surface area contributed by atoms with Crippen molar-refractivity contribution in [2.75, 3.05) is 6.54 Å². The minimum atomic E-state index is -0.849. The molecule has 16 heavy (non-hydrogen) atoms. The maximum absolute atomic E-state index is 10.7. The third-order valence-electron chi connectivity index (χ3n) is 2.21. The molecule has 84 valence electrons. The second kappa shape index (κ2) is 6.59. The van der Waals surface area contributed by atoms with Gasteiger partial charge in [0.15, 0.2) is 0 Å².